The van der Waals surface area contributed by atoms with Crippen molar-refractivity contribution < 1.29 is 13.5 Å². The van der Waals surface area contributed by atoms with E-state index in [2.05, 4.69) is 102 Å². The Morgan fingerprint density at radius 3 is 1.46 bits per heavy atom. The van der Waals surface area contributed by atoms with Crippen LogP contribution in [0.1, 0.15) is 11.1 Å². The molecule has 2 heterocycles. The van der Waals surface area contributed by atoms with Gasteiger partial charge in [-0.3, -0.25) is 0 Å². The smallest absolute Gasteiger partial charge is 0.181 e. The first-order valence-corrected chi connectivity index (χ1v) is 22.6. The van der Waals surface area contributed by atoms with E-state index in [0.717, 1.165) is 71.2 Å². The van der Waals surface area contributed by atoms with Crippen molar-refractivity contribution in [3.63, 3.8) is 0 Å². The van der Waals surface area contributed by atoms with Gasteiger partial charge in [0.2, 0.25) is 0 Å². The average molecular weight is 830 g/mol. The van der Waals surface area contributed by atoms with Gasteiger partial charge in [0.05, 0.1) is 34.6 Å². The molecule has 11 rings (SSSR count). The molecule has 0 radical (unpaired) electrons. The lowest BCUT2D eigenvalue weighted by molar-refractivity contribution is 0.477. The van der Waals surface area contributed by atoms with Crippen molar-refractivity contribution in [3.05, 3.63) is 223 Å². The van der Waals surface area contributed by atoms with Crippen molar-refractivity contribution in [2.45, 2.75) is 0 Å². The van der Waals surface area contributed by atoms with Crippen LogP contribution in [0.3, 0.4) is 0 Å². The van der Waals surface area contributed by atoms with Gasteiger partial charge in [-0.05, 0) is 132 Å². The van der Waals surface area contributed by atoms with E-state index in [-0.39, 0.29) is 11.6 Å². The lowest BCUT2D eigenvalue weighted by Crippen LogP contribution is -2.73. The molecule has 0 aliphatic carbocycles. The van der Waals surface area contributed by atoms with Crippen molar-refractivity contribution in [2.75, 3.05) is 4.90 Å². The molecular formula is C56H33F2N3OSi. The fraction of sp³-hybridized carbons (Fsp3) is 0. The summed E-state index contributed by atoms with van der Waals surface area (Å²) in [6.45, 7) is 0. The summed E-state index contributed by atoms with van der Waals surface area (Å²) >= 11 is 0. The first-order chi connectivity index (χ1) is 31.0. The molecule has 4 nitrogen and oxygen atoms in total. The minimum Gasteiger partial charge on any atom is -0.453 e. The van der Waals surface area contributed by atoms with E-state index < -0.39 is 8.07 Å². The van der Waals surface area contributed by atoms with E-state index in [4.69, 9.17) is 4.74 Å². The van der Waals surface area contributed by atoms with Gasteiger partial charge in [0, 0.05) is 11.3 Å². The Hall–Kier alpha value is -8.36. The molecule has 0 spiro atoms. The van der Waals surface area contributed by atoms with Crippen molar-refractivity contribution in [2.24, 2.45) is 0 Å². The molecule has 0 saturated carbocycles. The average Bonchev–Trinajstić information content (AvgIpc) is 3.64. The summed E-state index contributed by atoms with van der Waals surface area (Å²) in [7, 11) is -3.47. The molecule has 0 amide bonds. The first-order valence-electron chi connectivity index (χ1n) is 20.6. The topological polar surface area (TPSA) is 60.0 Å². The van der Waals surface area contributed by atoms with Gasteiger partial charge in [-0.15, -0.1) is 0 Å². The molecule has 0 saturated heterocycles. The molecule has 7 heteroatoms. The Morgan fingerprint density at radius 1 is 0.444 bits per heavy atom. The summed E-state index contributed by atoms with van der Waals surface area (Å²) in [4.78, 5) is 2.20. The van der Waals surface area contributed by atoms with Crippen LogP contribution < -0.4 is 30.4 Å². The standard InChI is InChI=1S/C56H33F2N3OSi/c57-42-20-24-45(25-21-42)63(46-26-22-43(58)23-27-46)54-17-8-7-16-47(54)48-32-44(33-49(56(48)63)55-40(34-59)14-9-15-41(55)35-60)61-50-28-18-38(36-10-3-1-4-11-36)30-52(50)62-53-31-39(19-29-51(53)61)37-12-5-2-6-13-37/h1-33H. The Kier molecular flexibility index (Phi) is 8.94. The molecule has 2 aliphatic heterocycles. The minimum atomic E-state index is -3.47. The maximum absolute atomic E-state index is 14.9. The van der Waals surface area contributed by atoms with Crippen LogP contribution in [-0.2, 0) is 0 Å². The molecule has 63 heavy (non-hydrogen) atoms. The maximum Gasteiger partial charge on any atom is 0.181 e. The van der Waals surface area contributed by atoms with Crippen molar-refractivity contribution >= 4 is 45.9 Å². The summed E-state index contributed by atoms with van der Waals surface area (Å²) in [5.41, 5.74) is 10.3. The molecule has 296 valence electrons. The molecule has 9 aromatic carbocycles. The largest absolute Gasteiger partial charge is 0.453 e. The van der Waals surface area contributed by atoms with E-state index in [9.17, 15) is 19.3 Å². The van der Waals surface area contributed by atoms with E-state index in [1.165, 1.54) is 24.3 Å². The molecule has 0 N–H and O–H groups in total. The quantitative estimate of drug-likeness (QED) is 0.157. The van der Waals surface area contributed by atoms with Crippen LogP contribution in [0.5, 0.6) is 11.5 Å². The van der Waals surface area contributed by atoms with Crippen LogP contribution in [-0.4, -0.2) is 8.07 Å². The van der Waals surface area contributed by atoms with Gasteiger partial charge in [0.25, 0.3) is 0 Å². The Bertz CT molecular complexity index is 3190. The monoisotopic (exact) mass is 829 g/mol. The van der Waals surface area contributed by atoms with E-state index >= 15 is 0 Å². The van der Waals surface area contributed by atoms with Gasteiger partial charge < -0.3 is 9.64 Å². The van der Waals surface area contributed by atoms with Gasteiger partial charge in [-0.25, -0.2) is 8.78 Å². The third kappa shape index (κ3) is 5.98. The third-order valence-electron chi connectivity index (χ3n) is 12.3. The molecule has 9 aromatic rings. The zero-order valence-corrected chi connectivity index (χ0v) is 34.6. The van der Waals surface area contributed by atoms with Crippen LogP contribution in [0.25, 0.3) is 44.5 Å². The van der Waals surface area contributed by atoms with Gasteiger partial charge in [0.15, 0.2) is 19.6 Å². The molecule has 2 aliphatic rings. The highest BCUT2D eigenvalue weighted by molar-refractivity contribution is 7.22. The number of hydrogen-bond acceptors (Lipinski definition) is 4. The number of hydrogen-bond donors (Lipinski definition) is 0. The van der Waals surface area contributed by atoms with Crippen LogP contribution in [0.15, 0.2) is 200 Å². The second kappa shape index (κ2) is 15.0. The number of nitrogens with zero attached hydrogens (tertiary/aromatic N) is 3. The van der Waals surface area contributed by atoms with E-state index in [0.29, 0.717) is 33.8 Å². The second-order valence-corrected chi connectivity index (χ2v) is 19.4. The zero-order chi connectivity index (χ0) is 42.7. The molecular weight excluding hydrogens is 797 g/mol. The zero-order valence-electron chi connectivity index (χ0n) is 33.6. The summed E-state index contributed by atoms with van der Waals surface area (Å²) in [5.74, 6) is 0.573. The Morgan fingerprint density at radius 2 is 0.937 bits per heavy atom. The third-order valence-corrected chi connectivity index (χ3v) is 17.3. The summed E-state index contributed by atoms with van der Waals surface area (Å²) in [6, 6.07) is 68.6. The van der Waals surface area contributed by atoms with Crippen molar-refractivity contribution in [3.8, 4) is 68.1 Å². The fourth-order valence-electron chi connectivity index (χ4n) is 9.65. The molecule has 0 aromatic heterocycles. The fourth-order valence-corrected chi connectivity index (χ4v) is 15.0. The maximum atomic E-state index is 14.9. The van der Waals surface area contributed by atoms with Gasteiger partial charge >= 0.3 is 0 Å². The molecule has 0 bridgehead atoms. The SMILES string of the molecule is N#Cc1cccc(C#N)c1-c1cc(N2c3ccc(-c4ccccc4)cc3Oc3cc(-c4ccccc4)ccc32)cc2c1[Si](c1ccc(F)cc1)(c1ccc(F)cc1)c1ccccc1-2. The Labute approximate surface area is 364 Å². The second-order valence-electron chi connectivity index (χ2n) is 15.7. The first kappa shape index (κ1) is 37.6. The molecule has 0 atom stereocenters. The molecule has 0 unspecified atom stereocenters. The number of halogens is 2. The highest BCUT2D eigenvalue weighted by Crippen LogP contribution is 2.53. The lowest BCUT2D eigenvalue weighted by Gasteiger charge is -2.36. The number of rotatable bonds is 6. The van der Waals surface area contributed by atoms with E-state index in [1.807, 2.05) is 72.8 Å². The van der Waals surface area contributed by atoms with Crippen LogP contribution >= 0.6 is 0 Å². The lowest BCUT2D eigenvalue weighted by atomic mass is 9.91. The van der Waals surface area contributed by atoms with Gasteiger partial charge in [0.1, 0.15) is 11.6 Å². The number of benzene rings is 9. The Balaban J connectivity index is 1.26. The van der Waals surface area contributed by atoms with Crippen LogP contribution in [0.2, 0.25) is 0 Å². The van der Waals surface area contributed by atoms with Crippen LogP contribution in [0.4, 0.5) is 25.8 Å². The van der Waals surface area contributed by atoms with E-state index in [1.54, 1.807) is 18.2 Å². The highest BCUT2D eigenvalue weighted by atomic mass is 28.3. The number of fused-ring (bicyclic) bond motifs is 5. The van der Waals surface area contributed by atoms with Crippen LogP contribution in [0, 0.1) is 34.3 Å². The minimum absolute atomic E-state index is 0.341. The highest BCUT2D eigenvalue weighted by Gasteiger charge is 2.51. The molecule has 0 fully saturated rings. The van der Waals surface area contributed by atoms with Gasteiger partial charge in [-0.1, -0.05) is 127 Å². The summed E-state index contributed by atoms with van der Waals surface area (Å²) in [5, 5.41) is 25.3. The predicted octanol–water partition coefficient (Wildman–Crippen LogP) is 11.6. The number of nitriles is 2. The summed E-state index contributed by atoms with van der Waals surface area (Å²) in [6.07, 6.45) is 0. The number of anilines is 3. The normalized spacial score (nSPS) is 12.8. The number of ether oxygens (including phenoxy) is 1. The summed E-state index contributed by atoms with van der Waals surface area (Å²) < 4.78 is 36.7. The van der Waals surface area contributed by atoms with Crippen molar-refractivity contribution in [1.82, 2.24) is 0 Å². The predicted molar refractivity (Wildman–Crippen MR) is 249 cm³/mol. The van der Waals surface area contributed by atoms with Gasteiger partial charge in [-0.2, -0.15) is 10.5 Å². The van der Waals surface area contributed by atoms with Crippen molar-refractivity contribution in [1.29, 1.82) is 10.5 Å².